The molecule has 1 aromatic rings. The highest BCUT2D eigenvalue weighted by atomic mass is 35.5. The average molecular weight is 297 g/mol. The Balaban J connectivity index is 2.39. The highest BCUT2D eigenvalue weighted by Gasteiger charge is 2.16. The van der Waals surface area contributed by atoms with E-state index in [0.29, 0.717) is 12.1 Å². The lowest BCUT2D eigenvalue weighted by Crippen LogP contribution is -2.39. The predicted octanol–water partition coefficient (Wildman–Crippen LogP) is 4.50. The van der Waals surface area contributed by atoms with E-state index in [0.717, 1.165) is 18.1 Å². The minimum absolute atomic E-state index is 0.403. The van der Waals surface area contributed by atoms with E-state index in [9.17, 15) is 0 Å². The number of halogens is 1. The molecular weight excluding hydrogens is 268 g/mol. The lowest BCUT2D eigenvalue weighted by molar-refractivity contribution is 0.193. The van der Waals surface area contributed by atoms with Gasteiger partial charge in [0.1, 0.15) is 0 Å². The van der Waals surface area contributed by atoms with Gasteiger partial charge in [-0.1, -0.05) is 43.5 Å². The first-order valence-electron chi connectivity index (χ1n) is 7.74. The molecule has 0 amide bonds. The Hall–Kier alpha value is -0.570. The second kappa shape index (κ2) is 9.38. The van der Waals surface area contributed by atoms with E-state index < -0.39 is 0 Å². The number of hydrogen-bond acceptors (Lipinski definition) is 2. The van der Waals surface area contributed by atoms with Gasteiger partial charge in [0.2, 0.25) is 0 Å². The molecule has 1 N–H and O–H groups in total. The largest absolute Gasteiger partial charge is 0.315 e. The lowest BCUT2D eigenvalue weighted by atomic mass is 10.1. The zero-order valence-electron chi connectivity index (χ0n) is 13.3. The van der Waals surface area contributed by atoms with E-state index in [4.69, 9.17) is 11.6 Å². The van der Waals surface area contributed by atoms with E-state index in [1.807, 2.05) is 12.1 Å². The van der Waals surface area contributed by atoms with Crippen LogP contribution in [0.4, 0.5) is 0 Å². The Bertz CT molecular complexity index is 364. The topological polar surface area (TPSA) is 15.3 Å². The number of likely N-dealkylation sites (N-methyl/N-ethyl adjacent to an activating group) is 1. The van der Waals surface area contributed by atoms with Crippen molar-refractivity contribution in [1.82, 2.24) is 10.2 Å². The summed E-state index contributed by atoms with van der Waals surface area (Å²) >= 11 is 5.95. The van der Waals surface area contributed by atoms with Crippen LogP contribution in [0.1, 0.15) is 51.6 Å². The molecule has 114 valence electrons. The molecule has 2 unspecified atom stereocenters. The fourth-order valence-electron chi connectivity index (χ4n) is 2.31. The van der Waals surface area contributed by atoms with E-state index in [-0.39, 0.29) is 0 Å². The van der Waals surface area contributed by atoms with E-state index in [2.05, 4.69) is 50.2 Å². The maximum absolute atomic E-state index is 5.95. The summed E-state index contributed by atoms with van der Waals surface area (Å²) in [5.41, 5.74) is 1.31. The first kappa shape index (κ1) is 17.5. The predicted molar refractivity (Wildman–Crippen MR) is 89.5 cm³/mol. The molecular formula is C17H29ClN2. The molecule has 3 heteroatoms. The van der Waals surface area contributed by atoms with E-state index in [1.165, 1.54) is 24.8 Å². The molecule has 2 nitrogen and oxygen atoms in total. The minimum atomic E-state index is 0.403. The molecule has 0 saturated heterocycles. The highest BCUT2D eigenvalue weighted by Crippen LogP contribution is 2.22. The summed E-state index contributed by atoms with van der Waals surface area (Å²) in [5, 5.41) is 4.35. The second-order valence-electron chi connectivity index (χ2n) is 5.65. The van der Waals surface area contributed by atoms with Gasteiger partial charge in [-0.25, -0.2) is 0 Å². The van der Waals surface area contributed by atoms with Crippen LogP contribution < -0.4 is 5.32 Å². The summed E-state index contributed by atoms with van der Waals surface area (Å²) in [4.78, 5) is 2.41. The second-order valence-corrected chi connectivity index (χ2v) is 6.09. The zero-order valence-corrected chi connectivity index (χ0v) is 14.1. The first-order valence-corrected chi connectivity index (χ1v) is 8.12. The fraction of sp³-hybridized carbons (Fsp3) is 0.647. The van der Waals surface area contributed by atoms with Crippen LogP contribution >= 0.6 is 11.6 Å². The molecule has 0 aliphatic rings. The molecule has 0 spiro atoms. The van der Waals surface area contributed by atoms with Gasteiger partial charge in [0.25, 0.3) is 0 Å². The lowest BCUT2D eigenvalue weighted by Gasteiger charge is -2.31. The van der Waals surface area contributed by atoms with Crippen molar-refractivity contribution in [3.05, 3.63) is 34.9 Å². The summed E-state index contributed by atoms with van der Waals surface area (Å²) in [7, 11) is 2.19. The van der Waals surface area contributed by atoms with Gasteiger partial charge in [-0.15, -0.1) is 0 Å². The smallest absolute Gasteiger partial charge is 0.0406 e. The number of hydrogen-bond donors (Lipinski definition) is 1. The van der Waals surface area contributed by atoms with Gasteiger partial charge in [-0.3, -0.25) is 4.90 Å². The standard InChI is InChI=1S/C17H29ClN2/c1-5-6-7-12-19-13-14(2)20(4)15(3)16-8-10-17(18)11-9-16/h8-11,14-15,19H,5-7,12-13H2,1-4H3. The van der Waals surface area contributed by atoms with Crippen LogP contribution in [-0.4, -0.2) is 31.1 Å². The van der Waals surface area contributed by atoms with Gasteiger partial charge >= 0.3 is 0 Å². The van der Waals surface area contributed by atoms with Crippen LogP contribution in [0.2, 0.25) is 5.02 Å². The quantitative estimate of drug-likeness (QED) is 0.675. The molecule has 0 heterocycles. The van der Waals surface area contributed by atoms with Crippen molar-refractivity contribution in [3.8, 4) is 0 Å². The average Bonchev–Trinajstić information content (AvgIpc) is 2.46. The Labute approximate surface area is 129 Å². The third-order valence-corrected chi connectivity index (χ3v) is 4.31. The van der Waals surface area contributed by atoms with Gasteiger partial charge in [-0.05, 0) is 51.6 Å². The van der Waals surface area contributed by atoms with Crippen molar-refractivity contribution < 1.29 is 0 Å². The van der Waals surface area contributed by atoms with Gasteiger partial charge in [0.05, 0.1) is 0 Å². The molecule has 0 aliphatic heterocycles. The van der Waals surface area contributed by atoms with Crippen LogP contribution in [0.25, 0.3) is 0 Å². The van der Waals surface area contributed by atoms with Crippen LogP contribution in [0.5, 0.6) is 0 Å². The molecule has 0 fully saturated rings. The number of benzene rings is 1. The Kier molecular flexibility index (Phi) is 8.20. The number of nitrogens with zero attached hydrogens (tertiary/aromatic N) is 1. The van der Waals surface area contributed by atoms with Gasteiger partial charge in [0.15, 0.2) is 0 Å². The Morgan fingerprint density at radius 1 is 1.15 bits per heavy atom. The zero-order chi connectivity index (χ0) is 15.0. The molecule has 0 aromatic heterocycles. The van der Waals surface area contributed by atoms with E-state index in [1.54, 1.807) is 0 Å². The maximum atomic E-state index is 5.95. The minimum Gasteiger partial charge on any atom is -0.315 e. The molecule has 0 aliphatic carbocycles. The summed E-state index contributed by atoms with van der Waals surface area (Å²) in [6, 6.07) is 9.08. The maximum Gasteiger partial charge on any atom is 0.0406 e. The third kappa shape index (κ3) is 5.82. The van der Waals surface area contributed by atoms with Crippen LogP contribution in [0.15, 0.2) is 24.3 Å². The summed E-state index contributed by atoms with van der Waals surface area (Å²) < 4.78 is 0. The normalized spacial score (nSPS) is 14.5. The fourth-order valence-corrected chi connectivity index (χ4v) is 2.44. The Morgan fingerprint density at radius 2 is 1.80 bits per heavy atom. The summed E-state index contributed by atoms with van der Waals surface area (Å²) in [5.74, 6) is 0. The number of nitrogens with one attached hydrogen (secondary N) is 1. The highest BCUT2D eigenvalue weighted by molar-refractivity contribution is 6.30. The van der Waals surface area contributed by atoms with Crippen molar-refractivity contribution in [3.63, 3.8) is 0 Å². The molecule has 0 radical (unpaired) electrons. The summed E-state index contributed by atoms with van der Waals surface area (Å²) in [6.07, 6.45) is 3.88. The van der Waals surface area contributed by atoms with Crippen molar-refractivity contribution in [2.24, 2.45) is 0 Å². The van der Waals surface area contributed by atoms with Crippen molar-refractivity contribution in [2.45, 2.75) is 52.1 Å². The van der Waals surface area contributed by atoms with Crippen molar-refractivity contribution >= 4 is 11.6 Å². The molecule has 2 atom stereocenters. The van der Waals surface area contributed by atoms with Gasteiger partial charge < -0.3 is 5.32 Å². The Morgan fingerprint density at radius 3 is 2.40 bits per heavy atom. The van der Waals surface area contributed by atoms with Gasteiger partial charge in [0, 0.05) is 23.7 Å². The van der Waals surface area contributed by atoms with Crippen molar-refractivity contribution in [2.75, 3.05) is 20.1 Å². The van der Waals surface area contributed by atoms with Crippen LogP contribution in [0.3, 0.4) is 0 Å². The number of unbranched alkanes of at least 4 members (excludes halogenated alkanes) is 2. The van der Waals surface area contributed by atoms with E-state index >= 15 is 0 Å². The number of rotatable bonds is 9. The monoisotopic (exact) mass is 296 g/mol. The molecule has 1 rings (SSSR count). The molecule has 20 heavy (non-hydrogen) atoms. The molecule has 0 saturated carbocycles. The third-order valence-electron chi connectivity index (χ3n) is 4.06. The van der Waals surface area contributed by atoms with Crippen LogP contribution in [0, 0.1) is 0 Å². The van der Waals surface area contributed by atoms with Crippen molar-refractivity contribution in [1.29, 1.82) is 0 Å². The molecule has 1 aromatic carbocycles. The first-order chi connectivity index (χ1) is 9.56. The van der Waals surface area contributed by atoms with Gasteiger partial charge in [-0.2, -0.15) is 0 Å². The summed E-state index contributed by atoms with van der Waals surface area (Å²) in [6.45, 7) is 8.93. The van der Waals surface area contributed by atoms with Crippen LogP contribution in [-0.2, 0) is 0 Å². The molecule has 0 bridgehead atoms. The SMILES string of the molecule is CCCCCNCC(C)N(C)C(C)c1ccc(Cl)cc1.